The minimum Gasteiger partial charge on any atom is -0.464 e. The summed E-state index contributed by atoms with van der Waals surface area (Å²) in [5.41, 5.74) is 5.35. The zero-order valence-electron chi connectivity index (χ0n) is 22.9. The van der Waals surface area contributed by atoms with Crippen LogP contribution in [0.2, 0.25) is 0 Å². The van der Waals surface area contributed by atoms with Gasteiger partial charge in [0, 0.05) is 13.0 Å². The Hall–Kier alpha value is -2.57. The molecule has 0 spiro atoms. The van der Waals surface area contributed by atoms with Crippen LogP contribution in [0.1, 0.15) is 72.9 Å². The molecule has 0 saturated carbocycles. The van der Waals surface area contributed by atoms with E-state index >= 15 is 0 Å². The van der Waals surface area contributed by atoms with Crippen molar-refractivity contribution in [2.24, 2.45) is 16.8 Å². The summed E-state index contributed by atoms with van der Waals surface area (Å²) in [5, 5.41) is 13.2. The minimum absolute atomic E-state index is 0.122. The van der Waals surface area contributed by atoms with Crippen LogP contribution < -0.4 is 5.32 Å². The molecule has 0 saturated heterocycles. The highest BCUT2D eigenvalue weighted by Gasteiger charge is 2.25. The van der Waals surface area contributed by atoms with Gasteiger partial charge in [0.05, 0.1) is 24.1 Å². The van der Waals surface area contributed by atoms with E-state index in [1.807, 2.05) is 71.9 Å². The Morgan fingerprint density at radius 2 is 1.83 bits per heavy atom. The smallest absolute Gasteiger partial charge is 0.325 e. The zero-order chi connectivity index (χ0) is 26.7. The monoisotopic (exact) mass is 484 g/mol. The molecule has 0 radical (unpaired) electrons. The number of benzene rings is 1. The van der Waals surface area contributed by atoms with Gasteiger partial charge in [-0.15, -0.1) is 0 Å². The number of aliphatic hydroxyl groups is 1. The molecule has 1 rings (SSSR count). The maximum atomic E-state index is 12.4. The summed E-state index contributed by atoms with van der Waals surface area (Å²) in [7, 11) is 0. The Bertz CT molecular complexity index is 955. The summed E-state index contributed by atoms with van der Waals surface area (Å²) in [6.07, 6.45) is 3.49. The number of allylic oxidation sites excluding steroid dienone is 4. The number of carbonyl (C=O) groups excluding carboxylic acids is 2. The van der Waals surface area contributed by atoms with Gasteiger partial charge < -0.3 is 9.84 Å². The third kappa shape index (κ3) is 9.90. The van der Waals surface area contributed by atoms with E-state index in [1.165, 1.54) is 0 Å². The lowest BCUT2D eigenvalue weighted by Gasteiger charge is -2.21. The van der Waals surface area contributed by atoms with Crippen LogP contribution in [0, 0.1) is 18.8 Å². The third-order valence-corrected chi connectivity index (χ3v) is 5.62. The lowest BCUT2D eigenvalue weighted by molar-refractivity contribution is -0.150. The van der Waals surface area contributed by atoms with E-state index in [0.29, 0.717) is 19.6 Å². The predicted octanol–water partition coefficient (Wildman–Crippen LogP) is 5.63. The second-order valence-electron chi connectivity index (χ2n) is 9.74. The van der Waals surface area contributed by atoms with Crippen molar-refractivity contribution in [3.63, 3.8) is 0 Å². The number of aryl methyl sites for hydroxylation is 1. The summed E-state index contributed by atoms with van der Waals surface area (Å²) in [4.78, 5) is 29.5. The van der Waals surface area contributed by atoms with Crippen LogP contribution in [0.4, 0.5) is 5.69 Å². The summed E-state index contributed by atoms with van der Waals surface area (Å²) in [6, 6.07) is 5.16. The first-order valence-electron chi connectivity index (χ1n) is 12.5. The van der Waals surface area contributed by atoms with Crippen LogP contribution in [0.3, 0.4) is 0 Å². The standard InChI is InChI=1S/C29H44N2O4/c1-10-24(14-21(8)26(33)11-2)27(19(5)6)31-25-15-23(13-12-20(25)7)16-30-28(22(9)32)29(34)35-17-18(3)4/h10,12-15,18-19,22,28,30,32H,11,16-17H2,1-9H3/b21-14-,24-10+,31-27+/t22?,28-/m0/s1. The maximum absolute atomic E-state index is 12.4. The van der Waals surface area contributed by atoms with Gasteiger partial charge in [-0.2, -0.15) is 0 Å². The van der Waals surface area contributed by atoms with Crippen molar-refractivity contribution in [1.29, 1.82) is 0 Å². The number of aliphatic imine (C=N–C) groups is 1. The van der Waals surface area contributed by atoms with Crippen molar-refractivity contribution < 1.29 is 19.4 Å². The number of ketones is 1. The van der Waals surface area contributed by atoms with Crippen molar-refractivity contribution in [2.45, 2.75) is 87.4 Å². The molecular weight excluding hydrogens is 440 g/mol. The Balaban J connectivity index is 3.22. The fraction of sp³-hybridized carbons (Fsp3) is 0.552. The highest BCUT2D eigenvalue weighted by molar-refractivity contribution is 6.07. The number of esters is 1. The van der Waals surface area contributed by atoms with E-state index in [2.05, 4.69) is 19.2 Å². The molecule has 6 heteroatoms. The molecule has 0 aliphatic carbocycles. The summed E-state index contributed by atoms with van der Waals surface area (Å²) in [6.45, 7) is 18.0. The molecule has 1 unspecified atom stereocenters. The van der Waals surface area contributed by atoms with Crippen molar-refractivity contribution >= 4 is 23.2 Å². The van der Waals surface area contributed by atoms with E-state index in [4.69, 9.17) is 9.73 Å². The largest absolute Gasteiger partial charge is 0.464 e. The van der Waals surface area contributed by atoms with Crippen molar-refractivity contribution in [1.82, 2.24) is 5.32 Å². The Morgan fingerprint density at radius 1 is 1.17 bits per heavy atom. The normalized spacial score (nSPS) is 14.9. The number of carbonyl (C=O) groups is 2. The lowest BCUT2D eigenvalue weighted by atomic mass is 9.96. The first-order valence-corrected chi connectivity index (χ1v) is 12.5. The number of hydrogen-bond acceptors (Lipinski definition) is 6. The molecule has 0 aliphatic heterocycles. The van der Waals surface area contributed by atoms with Crippen LogP contribution >= 0.6 is 0 Å². The van der Waals surface area contributed by atoms with Gasteiger partial charge in [0.1, 0.15) is 6.04 Å². The fourth-order valence-corrected chi connectivity index (χ4v) is 3.46. The Kier molecular flexibility index (Phi) is 12.8. The van der Waals surface area contributed by atoms with Crippen molar-refractivity contribution in [3.05, 3.63) is 52.6 Å². The number of hydrogen-bond donors (Lipinski definition) is 2. The van der Waals surface area contributed by atoms with Crippen LogP contribution in [-0.2, 0) is 20.9 Å². The molecule has 0 amide bonds. The molecular formula is C29H44N2O4. The van der Waals surface area contributed by atoms with Gasteiger partial charge >= 0.3 is 5.97 Å². The quantitative estimate of drug-likeness (QED) is 0.164. The molecule has 1 aromatic rings. The minimum atomic E-state index is -0.886. The first-order chi connectivity index (χ1) is 16.4. The van der Waals surface area contributed by atoms with Crippen LogP contribution in [-0.4, -0.2) is 41.3 Å². The van der Waals surface area contributed by atoms with Gasteiger partial charge in [0.2, 0.25) is 0 Å². The van der Waals surface area contributed by atoms with Gasteiger partial charge in [0.15, 0.2) is 5.78 Å². The maximum Gasteiger partial charge on any atom is 0.325 e. The van der Waals surface area contributed by atoms with Crippen LogP contribution in [0.5, 0.6) is 0 Å². The summed E-state index contributed by atoms with van der Waals surface area (Å²) < 4.78 is 5.31. The molecule has 0 fully saturated rings. The zero-order valence-corrected chi connectivity index (χ0v) is 22.9. The first kappa shape index (κ1) is 30.5. The molecule has 0 aliphatic rings. The highest BCUT2D eigenvalue weighted by atomic mass is 16.5. The number of nitrogens with one attached hydrogen (secondary N) is 1. The molecule has 0 heterocycles. The fourth-order valence-electron chi connectivity index (χ4n) is 3.46. The van der Waals surface area contributed by atoms with E-state index in [-0.39, 0.29) is 17.6 Å². The molecule has 2 atom stereocenters. The highest BCUT2D eigenvalue weighted by Crippen LogP contribution is 2.24. The van der Waals surface area contributed by atoms with Gasteiger partial charge in [0.25, 0.3) is 0 Å². The van der Waals surface area contributed by atoms with Crippen LogP contribution in [0.15, 0.2) is 46.5 Å². The number of rotatable bonds is 13. The van der Waals surface area contributed by atoms with Crippen molar-refractivity contribution in [2.75, 3.05) is 6.61 Å². The van der Waals surface area contributed by atoms with E-state index in [0.717, 1.165) is 33.7 Å². The molecule has 0 aromatic heterocycles. The van der Waals surface area contributed by atoms with Crippen molar-refractivity contribution in [3.8, 4) is 0 Å². The molecule has 2 N–H and O–H groups in total. The van der Waals surface area contributed by atoms with Gasteiger partial charge in [-0.1, -0.05) is 52.8 Å². The average Bonchev–Trinajstić information content (AvgIpc) is 2.80. The number of Topliss-reactive ketones (excluding diaryl/α,β-unsaturated/α-hetero) is 1. The molecule has 1 aromatic carbocycles. The van der Waals surface area contributed by atoms with Crippen LogP contribution in [0.25, 0.3) is 0 Å². The molecule has 35 heavy (non-hydrogen) atoms. The Morgan fingerprint density at radius 3 is 2.34 bits per heavy atom. The topological polar surface area (TPSA) is 88.0 Å². The second-order valence-corrected chi connectivity index (χ2v) is 9.74. The molecule has 0 bridgehead atoms. The second kappa shape index (κ2) is 14.7. The Labute approximate surface area is 211 Å². The lowest BCUT2D eigenvalue weighted by Crippen LogP contribution is -2.45. The predicted molar refractivity (Wildman–Crippen MR) is 144 cm³/mol. The average molecular weight is 485 g/mol. The van der Waals surface area contributed by atoms with E-state index in [9.17, 15) is 14.7 Å². The molecule has 194 valence electrons. The number of aliphatic hydroxyl groups excluding tert-OH is 1. The summed E-state index contributed by atoms with van der Waals surface area (Å²) >= 11 is 0. The van der Waals surface area contributed by atoms with E-state index in [1.54, 1.807) is 6.92 Å². The van der Waals surface area contributed by atoms with Gasteiger partial charge in [-0.05, 0) is 73.9 Å². The number of ether oxygens (including phenoxy) is 1. The SMILES string of the molecule is C/C=C(\C=C(\C)C(=O)CC)C(=N/c1cc(CN[C@H](C(=O)OCC(C)C)C(C)O)ccc1C)/C(C)C. The number of nitrogens with zero attached hydrogens (tertiary/aromatic N) is 1. The summed E-state index contributed by atoms with van der Waals surface area (Å²) in [5.74, 6) is 0.0412. The third-order valence-electron chi connectivity index (χ3n) is 5.62. The van der Waals surface area contributed by atoms with Gasteiger partial charge in [-0.3, -0.25) is 19.9 Å². The van der Waals surface area contributed by atoms with Gasteiger partial charge in [-0.25, -0.2) is 0 Å². The molecule has 6 nitrogen and oxygen atoms in total. The van der Waals surface area contributed by atoms with E-state index < -0.39 is 18.1 Å².